The predicted molar refractivity (Wildman–Crippen MR) is 98.1 cm³/mol. The largest absolute Gasteiger partial charge is 0.470 e. The third-order valence-corrected chi connectivity index (χ3v) is 3.71. The topological polar surface area (TPSA) is 68.2 Å². The summed E-state index contributed by atoms with van der Waals surface area (Å²) in [7, 11) is 0. The Morgan fingerprint density at radius 2 is 2.04 bits per heavy atom. The summed E-state index contributed by atoms with van der Waals surface area (Å²) >= 11 is 5.90. The number of benzene rings is 2. The molecule has 0 atom stereocenters. The van der Waals surface area contributed by atoms with Crippen LogP contribution in [0.25, 0.3) is 0 Å². The van der Waals surface area contributed by atoms with E-state index in [1.807, 2.05) is 25.1 Å². The van der Waals surface area contributed by atoms with Gasteiger partial charge in [-0.1, -0.05) is 23.7 Å². The van der Waals surface area contributed by atoms with Crippen LogP contribution in [0.2, 0.25) is 5.02 Å². The van der Waals surface area contributed by atoms with Crippen LogP contribution in [0.5, 0.6) is 5.75 Å². The zero-order valence-electron chi connectivity index (χ0n) is 13.9. The number of carbonyl (C=O) groups is 1. The van der Waals surface area contributed by atoms with Gasteiger partial charge in [-0.2, -0.15) is 5.10 Å². The van der Waals surface area contributed by atoms with Crippen molar-refractivity contribution >= 4 is 29.0 Å². The highest BCUT2D eigenvalue weighted by Gasteiger charge is 2.07. The van der Waals surface area contributed by atoms with Crippen molar-refractivity contribution in [2.45, 2.75) is 13.7 Å². The summed E-state index contributed by atoms with van der Waals surface area (Å²) in [5, 5.41) is 9.68. The molecule has 1 heterocycles. The van der Waals surface area contributed by atoms with E-state index in [0.29, 0.717) is 17.1 Å². The van der Waals surface area contributed by atoms with Gasteiger partial charge in [0.1, 0.15) is 11.6 Å². The molecule has 6 nitrogen and oxygen atoms in total. The summed E-state index contributed by atoms with van der Waals surface area (Å²) in [6, 6.07) is 11.0. The maximum atomic E-state index is 13.0. The summed E-state index contributed by atoms with van der Waals surface area (Å²) in [6.45, 7) is 2.01. The van der Waals surface area contributed by atoms with Crippen LogP contribution >= 0.6 is 11.6 Å². The van der Waals surface area contributed by atoms with Crippen LogP contribution in [0.15, 0.2) is 54.9 Å². The molecule has 0 saturated heterocycles. The number of aryl methyl sites for hydroxylation is 1. The Labute approximate surface area is 154 Å². The lowest BCUT2D eigenvalue weighted by Gasteiger charge is -2.08. The molecular weight excluding hydrogens is 359 g/mol. The number of halogens is 2. The van der Waals surface area contributed by atoms with E-state index in [1.165, 1.54) is 29.1 Å². The minimum Gasteiger partial charge on any atom is -0.470 e. The summed E-state index contributed by atoms with van der Waals surface area (Å²) < 4.78 is 20.0. The number of aromatic nitrogens is 2. The van der Waals surface area contributed by atoms with Crippen molar-refractivity contribution in [3.05, 3.63) is 71.3 Å². The maximum Gasteiger partial charge on any atom is 0.323 e. The fraction of sp³-hybridized carbons (Fsp3) is 0.111. The molecule has 0 aliphatic rings. The van der Waals surface area contributed by atoms with E-state index in [2.05, 4.69) is 15.7 Å². The quantitative estimate of drug-likeness (QED) is 0.682. The molecule has 0 radical (unpaired) electrons. The number of hydrogen-bond acceptors (Lipinski definition) is 3. The molecule has 0 unspecified atom stereocenters. The van der Waals surface area contributed by atoms with E-state index in [0.717, 1.165) is 5.56 Å². The molecule has 3 rings (SSSR count). The molecule has 8 heteroatoms. The van der Waals surface area contributed by atoms with Crippen LogP contribution in [-0.4, -0.2) is 15.8 Å². The number of anilines is 2. The van der Waals surface area contributed by atoms with Gasteiger partial charge >= 0.3 is 6.03 Å². The Kier molecular flexibility index (Phi) is 5.38. The lowest BCUT2D eigenvalue weighted by Crippen LogP contribution is -2.19. The van der Waals surface area contributed by atoms with Crippen molar-refractivity contribution in [1.29, 1.82) is 0 Å². The fourth-order valence-corrected chi connectivity index (χ4v) is 2.46. The van der Waals surface area contributed by atoms with Crippen LogP contribution in [0.4, 0.5) is 20.6 Å². The van der Waals surface area contributed by atoms with Gasteiger partial charge in [0, 0.05) is 5.69 Å². The second-order valence-corrected chi connectivity index (χ2v) is 5.97. The molecule has 3 aromatic rings. The predicted octanol–water partition coefficient (Wildman–Crippen LogP) is 4.66. The van der Waals surface area contributed by atoms with Gasteiger partial charge < -0.3 is 15.4 Å². The minimum absolute atomic E-state index is 0.0620. The molecule has 0 saturated carbocycles. The molecule has 134 valence electrons. The molecule has 2 N–H and O–H groups in total. The Balaban J connectivity index is 1.55. The Hall–Kier alpha value is -3.06. The number of ether oxygens (including phenoxy) is 1. The van der Waals surface area contributed by atoms with Gasteiger partial charge in [0.25, 0.3) is 0 Å². The zero-order chi connectivity index (χ0) is 18.5. The Bertz CT molecular complexity index is 929. The van der Waals surface area contributed by atoms with Crippen LogP contribution in [0, 0.1) is 12.7 Å². The highest BCUT2D eigenvalue weighted by molar-refractivity contribution is 6.32. The van der Waals surface area contributed by atoms with E-state index in [9.17, 15) is 9.18 Å². The number of urea groups is 1. The van der Waals surface area contributed by atoms with Gasteiger partial charge in [-0.15, -0.1) is 0 Å². The van der Waals surface area contributed by atoms with Crippen LogP contribution in [0.1, 0.15) is 5.56 Å². The lowest BCUT2D eigenvalue weighted by molar-refractivity contribution is 0.221. The third kappa shape index (κ3) is 4.73. The highest BCUT2D eigenvalue weighted by atomic mass is 35.5. The number of amides is 2. The number of nitrogens with one attached hydrogen (secondary N) is 2. The van der Waals surface area contributed by atoms with Crippen molar-refractivity contribution < 1.29 is 13.9 Å². The van der Waals surface area contributed by atoms with Crippen LogP contribution in [-0.2, 0) is 6.73 Å². The van der Waals surface area contributed by atoms with Crippen molar-refractivity contribution in [1.82, 2.24) is 9.78 Å². The number of nitrogens with zero attached hydrogens (tertiary/aromatic N) is 2. The monoisotopic (exact) mass is 374 g/mol. The number of carbonyl (C=O) groups excluding carboxylic acids is 1. The first-order valence-electron chi connectivity index (χ1n) is 7.74. The molecule has 0 bridgehead atoms. The van der Waals surface area contributed by atoms with Crippen molar-refractivity contribution in [3.63, 3.8) is 0 Å². The highest BCUT2D eigenvalue weighted by Crippen LogP contribution is 2.25. The van der Waals surface area contributed by atoms with Crippen molar-refractivity contribution in [3.8, 4) is 5.75 Å². The zero-order valence-corrected chi connectivity index (χ0v) is 14.6. The first-order valence-corrected chi connectivity index (χ1v) is 8.12. The summed E-state index contributed by atoms with van der Waals surface area (Å²) in [5.74, 6) is -0.0946. The minimum atomic E-state index is -0.437. The van der Waals surface area contributed by atoms with Crippen LogP contribution < -0.4 is 15.4 Å². The average molecular weight is 375 g/mol. The van der Waals surface area contributed by atoms with E-state index in [1.54, 1.807) is 12.3 Å². The molecule has 0 aliphatic heterocycles. The Morgan fingerprint density at radius 3 is 2.81 bits per heavy atom. The van der Waals surface area contributed by atoms with E-state index < -0.39 is 5.82 Å². The number of rotatable bonds is 5. The second-order valence-electron chi connectivity index (χ2n) is 5.57. The summed E-state index contributed by atoms with van der Waals surface area (Å²) in [4.78, 5) is 12.0. The standard InChI is InChI=1S/C18H16ClFN4O2/c1-12-3-2-4-14(7-12)22-18(25)23-15-9-21-24(10-15)11-26-17-6-5-13(20)8-16(17)19/h2-10H,11H2,1H3,(H2,22,23,25). The summed E-state index contributed by atoms with van der Waals surface area (Å²) in [5.41, 5.74) is 2.25. The maximum absolute atomic E-state index is 13.0. The first kappa shape index (κ1) is 17.8. The lowest BCUT2D eigenvalue weighted by atomic mass is 10.2. The van der Waals surface area contributed by atoms with Crippen molar-refractivity contribution in [2.75, 3.05) is 10.6 Å². The van der Waals surface area contributed by atoms with Gasteiger partial charge in [0.15, 0.2) is 6.73 Å². The molecule has 26 heavy (non-hydrogen) atoms. The van der Waals surface area contributed by atoms with Gasteiger partial charge in [-0.05, 0) is 42.8 Å². The molecular formula is C18H16ClFN4O2. The van der Waals surface area contributed by atoms with E-state index in [4.69, 9.17) is 16.3 Å². The molecule has 0 fully saturated rings. The number of hydrogen-bond donors (Lipinski definition) is 2. The molecule has 1 aromatic heterocycles. The van der Waals surface area contributed by atoms with E-state index >= 15 is 0 Å². The van der Waals surface area contributed by atoms with Crippen LogP contribution in [0.3, 0.4) is 0 Å². The van der Waals surface area contributed by atoms with Gasteiger partial charge in [0.2, 0.25) is 0 Å². The molecule has 0 aliphatic carbocycles. The van der Waals surface area contributed by atoms with Gasteiger partial charge in [-0.25, -0.2) is 13.9 Å². The van der Waals surface area contributed by atoms with Gasteiger partial charge in [-0.3, -0.25) is 0 Å². The molecule has 2 aromatic carbocycles. The first-order chi connectivity index (χ1) is 12.5. The third-order valence-electron chi connectivity index (χ3n) is 3.41. The Morgan fingerprint density at radius 1 is 1.23 bits per heavy atom. The normalized spacial score (nSPS) is 10.4. The second kappa shape index (κ2) is 7.88. The molecule has 2 amide bonds. The SMILES string of the molecule is Cc1cccc(NC(=O)Nc2cnn(COc3ccc(F)cc3Cl)c2)c1. The average Bonchev–Trinajstić information content (AvgIpc) is 3.01. The smallest absolute Gasteiger partial charge is 0.323 e. The fourth-order valence-electron chi connectivity index (χ4n) is 2.24. The van der Waals surface area contributed by atoms with Gasteiger partial charge in [0.05, 0.1) is 23.1 Å². The van der Waals surface area contributed by atoms with E-state index in [-0.39, 0.29) is 17.8 Å². The summed E-state index contributed by atoms with van der Waals surface area (Å²) in [6.07, 6.45) is 3.10. The molecule has 0 spiro atoms. The van der Waals surface area contributed by atoms with Crippen molar-refractivity contribution in [2.24, 2.45) is 0 Å².